The molecule has 6 nitrogen and oxygen atoms in total. The van der Waals surface area contributed by atoms with Gasteiger partial charge < -0.3 is 10.1 Å². The minimum absolute atomic E-state index is 0.00705. The van der Waals surface area contributed by atoms with Crippen molar-refractivity contribution in [3.63, 3.8) is 0 Å². The lowest BCUT2D eigenvalue weighted by Gasteiger charge is -2.09. The van der Waals surface area contributed by atoms with Crippen LogP contribution in [0.4, 0.5) is 11.4 Å². The van der Waals surface area contributed by atoms with Crippen LogP contribution in [0.1, 0.15) is 19.8 Å². The van der Waals surface area contributed by atoms with Gasteiger partial charge in [0.2, 0.25) is 15.9 Å². The quantitative estimate of drug-likeness (QED) is 0.576. The number of hydrogen-bond donors (Lipinski definition) is 2. The fourth-order valence-corrected chi connectivity index (χ4v) is 3.11. The van der Waals surface area contributed by atoms with Crippen LogP contribution in [0.25, 0.3) is 0 Å². The van der Waals surface area contributed by atoms with Crippen molar-refractivity contribution < 1.29 is 17.9 Å². The number of para-hydroxylation sites is 1. The number of amides is 1. The molecule has 0 fully saturated rings. The van der Waals surface area contributed by atoms with E-state index in [1.807, 2.05) is 24.3 Å². The summed E-state index contributed by atoms with van der Waals surface area (Å²) in [6.07, 6.45) is 0.913. The average Bonchev–Trinajstić information content (AvgIpc) is 2.61. The second-order valence-corrected chi connectivity index (χ2v) is 8.38. The number of rotatable bonds is 9. The van der Waals surface area contributed by atoms with Gasteiger partial charge in [-0.05, 0) is 65.7 Å². The van der Waals surface area contributed by atoms with Crippen LogP contribution in [0.3, 0.4) is 0 Å². The van der Waals surface area contributed by atoms with Crippen LogP contribution in [0.5, 0.6) is 5.75 Å². The molecule has 0 spiro atoms. The standard InChI is InChI=1S/C18H21BrN2O4S/c1-2-26(23,24)21-15-11-9-14(10-12-15)20-18(22)8-5-13-25-17-7-4-3-6-16(17)19/h3-4,6-7,9-12,21H,2,5,8,13H2,1H3,(H,20,22). The van der Waals surface area contributed by atoms with Gasteiger partial charge in [-0.1, -0.05) is 12.1 Å². The summed E-state index contributed by atoms with van der Waals surface area (Å²) < 4.78 is 32.0. The van der Waals surface area contributed by atoms with Crippen molar-refractivity contribution >= 4 is 43.2 Å². The van der Waals surface area contributed by atoms with E-state index >= 15 is 0 Å². The Kier molecular flexibility index (Phi) is 7.47. The number of halogens is 1. The summed E-state index contributed by atoms with van der Waals surface area (Å²) in [6, 6.07) is 14.1. The lowest BCUT2D eigenvalue weighted by atomic mass is 10.2. The first-order valence-corrected chi connectivity index (χ1v) is 10.6. The van der Waals surface area contributed by atoms with Crippen LogP contribution < -0.4 is 14.8 Å². The summed E-state index contributed by atoms with van der Waals surface area (Å²) in [5.74, 6) is 0.633. The Bertz CT molecular complexity index is 839. The summed E-state index contributed by atoms with van der Waals surface area (Å²) in [7, 11) is -3.30. The molecule has 1 amide bonds. The minimum atomic E-state index is -3.30. The van der Waals surface area contributed by atoms with E-state index in [4.69, 9.17) is 4.74 Å². The van der Waals surface area contributed by atoms with E-state index < -0.39 is 10.0 Å². The molecule has 0 heterocycles. The normalized spacial score (nSPS) is 11.0. The van der Waals surface area contributed by atoms with E-state index in [1.165, 1.54) is 0 Å². The molecule has 2 N–H and O–H groups in total. The lowest BCUT2D eigenvalue weighted by Crippen LogP contribution is -2.15. The van der Waals surface area contributed by atoms with Crippen LogP contribution >= 0.6 is 15.9 Å². The van der Waals surface area contributed by atoms with Crippen molar-refractivity contribution in [2.75, 3.05) is 22.4 Å². The molecule has 0 atom stereocenters. The predicted octanol–water partition coefficient (Wildman–Crippen LogP) is 4.01. The molecule has 0 unspecified atom stereocenters. The summed E-state index contributed by atoms with van der Waals surface area (Å²) >= 11 is 3.40. The molecule has 26 heavy (non-hydrogen) atoms. The number of carbonyl (C=O) groups is 1. The van der Waals surface area contributed by atoms with Gasteiger partial charge >= 0.3 is 0 Å². The Hall–Kier alpha value is -2.06. The van der Waals surface area contributed by atoms with Crippen LogP contribution in [-0.2, 0) is 14.8 Å². The van der Waals surface area contributed by atoms with Crippen LogP contribution in [0.2, 0.25) is 0 Å². The Balaban J connectivity index is 1.75. The van der Waals surface area contributed by atoms with E-state index in [-0.39, 0.29) is 11.7 Å². The molecule has 0 saturated heterocycles. The highest BCUT2D eigenvalue weighted by Gasteiger charge is 2.07. The SMILES string of the molecule is CCS(=O)(=O)Nc1ccc(NC(=O)CCCOc2ccccc2Br)cc1. The van der Waals surface area contributed by atoms with Gasteiger partial charge in [0.15, 0.2) is 0 Å². The Morgan fingerprint density at radius 1 is 1.08 bits per heavy atom. The smallest absolute Gasteiger partial charge is 0.232 e. The number of benzene rings is 2. The first-order chi connectivity index (χ1) is 12.4. The van der Waals surface area contributed by atoms with E-state index in [0.29, 0.717) is 30.8 Å². The fourth-order valence-electron chi connectivity index (χ4n) is 2.07. The third-order valence-electron chi connectivity index (χ3n) is 3.46. The monoisotopic (exact) mass is 440 g/mol. The first kappa shape index (κ1) is 20.3. The highest BCUT2D eigenvalue weighted by atomic mass is 79.9. The van der Waals surface area contributed by atoms with Gasteiger partial charge in [-0.25, -0.2) is 8.42 Å². The highest BCUT2D eigenvalue weighted by Crippen LogP contribution is 2.23. The van der Waals surface area contributed by atoms with Gasteiger partial charge in [0.25, 0.3) is 0 Å². The molecular formula is C18H21BrN2O4S. The van der Waals surface area contributed by atoms with E-state index in [2.05, 4.69) is 26.0 Å². The Morgan fingerprint density at radius 2 is 1.73 bits per heavy atom. The van der Waals surface area contributed by atoms with Gasteiger partial charge in [0.1, 0.15) is 5.75 Å². The van der Waals surface area contributed by atoms with E-state index in [1.54, 1.807) is 31.2 Å². The summed E-state index contributed by atoms with van der Waals surface area (Å²) in [5.41, 5.74) is 1.08. The second-order valence-electron chi connectivity index (χ2n) is 5.51. The molecule has 8 heteroatoms. The zero-order valence-corrected chi connectivity index (χ0v) is 16.8. The zero-order valence-electron chi connectivity index (χ0n) is 14.4. The highest BCUT2D eigenvalue weighted by molar-refractivity contribution is 9.10. The third-order valence-corrected chi connectivity index (χ3v) is 5.43. The Labute approximate surface area is 162 Å². The zero-order chi connectivity index (χ0) is 19.0. The second kappa shape index (κ2) is 9.59. The number of nitrogens with one attached hydrogen (secondary N) is 2. The molecule has 0 aliphatic carbocycles. The lowest BCUT2D eigenvalue weighted by molar-refractivity contribution is -0.116. The molecule has 2 rings (SSSR count). The first-order valence-electron chi connectivity index (χ1n) is 8.17. The summed E-state index contributed by atoms with van der Waals surface area (Å²) in [4.78, 5) is 12.0. The molecular weight excluding hydrogens is 420 g/mol. The number of ether oxygens (including phenoxy) is 1. The topological polar surface area (TPSA) is 84.5 Å². The summed E-state index contributed by atoms with van der Waals surface area (Å²) in [5, 5.41) is 2.78. The average molecular weight is 441 g/mol. The Morgan fingerprint density at radius 3 is 2.38 bits per heavy atom. The van der Waals surface area contributed by atoms with Crippen molar-refractivity contribution in [1.29, 1.82) is 0 Å². The van der Waals surface area contributed by atoms with Gasteiger partial charge in [0, 0.05) is 17.8 Å². The minimum Gasteiger partial charge on any atom is -0.492 e. The van der Waals surface area contributed by atoms with Gasteiger partial charge in [-0.15, -0.1) is 0 Å². The van der Waals surface area contributed by atoms with E-state index in [9.17, 15) is 13.2 Å². The maximum Gasteiger partial charge on any atom is 0.232 e. The predicted molar refractivity (Wildman–Crippen MR) is 107 cm³/mol. The molecule has 2 aromatic carbocycles. The van der Waals surface area contributed by atoms with Crippen molar-refractivity contribution in [3.8, 4) is 5.75 Å². The molecule has 2 aromatic rings. The third kappa shape index (κ3) is 6.68. The maximum absolute atomic E-state index is 12.0. The maximum atomic E-state index is 12.0. The summed E-state index contributed by atoms with van der Waals surface area (Å²) in [6.45, 7) is 2.00. The van der Waals surface area contributed by atoms with E-state index in [0.717, 1.165) is 10.2 Å². The number of anilines is 2. The molecule has 140 valence electrons. The number of hydrogen-bond acceptors (Lipinski definition) is 4. The molecule has 0 saturated carbocycles. The molecule has 0 aliphatic heterocycles. The van der Waals surface area contributed by atoms with Crippen molar-refractivity contribution in [2.24, 2.45) is 0 Å². The van der Waals surface area contributed by atoms with Crippen molar-refractivity contribution in [1.82, 2.24) is 0 Å². The molecule has 0 bridgehead atoms. The molecule has 0 radical (unpaired) electrons. The molecule has 0 aromatic heterocycles. The molecule has 0 aliphatic rings. The van der Waals surface area contributed by atoms with Crippen LogP contribution in [-0.4, -0.2) is 26.7 Å². The van der Waals surface area contributed by atoms with Gasteiger partial charge in [0.05, 0.1) is 16.8 Å². The van der Waals surface area contributed by atoms with Crippen LogP contribution in [0.15, 0.2) is 53.0 Å². The van der Waals surface area contributed by atoms with Crippen molar-refractivity contribution in [3.05, 3.63) is 53.0 Å². The largest absolute Gasteiger partial charge is 0.492 e. The van der Waals surface area contributed by atoms with Crippen molar-refractivity contribution in [2.45, 2.75) is 19.8 Å². The van der Waals surface area contributed by atoms with Crippen LogP contribution in [0, 0.1) is 0 Å². The fraction of sp³-hybridized carbons (Fsp3) is 0.278. The van der Waals surface area contributed by atoms with Gasteiger partial charge in [-0.3, -0.25) is 9.52 Å². The number of sulfonamides is 1. The van der Waals surface area contributed by atoms with Gasteiger partial charge in [-0.2, -0.15) is 0 Å². The number of carbonyl (C=O) groups excluding carboxylic acids is 1.